The summed E-state index contributed by atoms with van der Waals surface area (Å²) in [6.45, 7) is 8.88. The summed E-state index contributed by atoms with van der Waals surface area (Å²) in [6.07, 6.45) is 2.01. The molecule has 1 aromatic carbocycles. The van der Waals surface area contributed by atoms with Crippen LogP contribution in [-0.2, 0) is 11.3 Å². The van der Waals surface area contributed by atoms with E-state index in [-0.39, 0.29) is 5.60 Å². The molecular weight excluding hydrogens is 318 g/mol. The van der Waals surface area contributed by atoms with Gasteiger partial charge in [0.05, 0.1) is 16.7 Å². The monoisotopic (exact) mass is 343 g/mol. The predicted octanol–water partition coefficient (Wildman–Crippen LogP) is 4.14. The van der Waals surface area contributed by atoms with E-state index in [1.807, 2.05) is 6.07 Å². The summed E-state index contributed by atoms with van der Waals surface area (Å²) in [7, 11) is 1.73. The summed E-state index contributed by atoms with van der Waals surface area (Å²) < 4.78 is 12.2. The lowest BCUT2D eigenvalue weighted by atomic mass is 10.1. The molecule has 3 nitrogen and oxygen atoms in total. The lowest BCUT2D eigenvalue weighted by Gasteiger charge is -2.22. The van der Waals surface area contributed by atoms with Crippen LogP contribution in [0, 0.1) is 0 Å². The number of hydrogen-bond donors (Lipinski definition) is 1. The summed E-state index contributed by atoms with van der Waals surface area (Å²) in [5, 5.41) is 3.39. The van der Waals surface area contributed by atoms with Crippen LogP contribution in [-0.4, -0.2) is 25.9 Å². The molecule has 0 saturated heterocycles. The Balaban J connectivity index is 2.47. The third-order valence-electron chi connectivity index (χ3n) is 3.27. The number of benzene rings is 1. The Morgan fingerprint density at radius 2 is 2.05 bits per heavy atom. The van der Waals surface area contributed by atoms with Crippen LogP contribution in [0.4, 0.5) is 0 Å². The van der Waals surface area contributed by atoms with Crippen LogP contribution in [0.15, 0.2) is 22.7 Å². The van der Waals surface area contributed by atoms with Crippen LogP contribution in [0.25, 0.3) is 0 Å². The molecule has 0 aromatic heterocycles. The van der Waals surface area contributed by atoms with Gasteiger partial charge in [0.15, 0.2) is 0 Å². The number of hydrogen-bond acceptors (Lipinski definition) is 3. The predicted molar refractivity (Wildman–Crippen MR) is 87.3 cm³/mol. The van der Waals surface area contributed by atoms with Crippen molar-refractivity contribution >= 4 is 15.9 Å². The standard InChI is InChI=1S/C16H26BrNO2/c1-5-9-18-12-13-6-7-15(14(17)11-13)20-10-8-16(2,3)19-4/h6-7,11,18H,5,8-10,12H2,1-4H3. The first-order valence-corrected chi connectivity index (χ1v) is 7.95. The Bertz CT molecular complexity index is 407. The smallest absolute Gasteiger partial charge is 0.133 e. The summed E-state index contributed by atoms with van der Waals surface area (Å²) in [5.74, 6) is 0.885. The first-order chi connectivity index (χ1) is 9.48. The number of methoxy groups -OCH3 is 1. The maximum Gasteiger partial charge on any atom is 0.133 e. The van der Waals surface area contributed by atoms with Crippen molar-refractivity contribution in [3.05, 3.63) is 28.2 Å². The van der Waals surface area contributed by atoms with Crippen molar-refractivity contribution in [1.29, 1.82) is 0 Å². The fourth-order valence-corrected chi connectivity index (χ4v) is 2.23. The molecule has 4 heteroatoms. The molecule has 0 fully saturated rings. The molecule has 0 aliphatic carbocycles. The van der Waals surface area contributed by atoms with Crippen molar-refractivity contribution in [3.8, 4) is 5.75 Å². The second kappa shape index (κ2) is 8.65. The van der Waals surface area contributed by atoms with Crippen molar-refractivity contribution in [2.75, 3.05) is 20.3 Å². The highest BCUT2D eigenvalue weighted by atomic mass is 79.9. The minimum Gasteiger partial charge on any atom is -0.492 e. The summed E-state index contributed by atoms with van der Waals surface area (Å²) in [5.41, 5.74) is 1.12. The zero-order valence-electron chi connectivity index (χ0n) is 13.0. The summed E-state index contributed by atoms with van der Waals surface area (Å²) in [6, 6.07) is 6.23. The molecule has 1 rings (SSSR count). The van der Waals surface area contributed by atoms with E-state index >= 15 is 0 Å². The summed E-state index contributed by atoms with van der Waals surface area (Å²) in [4.78, 5) is 0. The first-order valence-electron chi connectivity index (χ1n) is 7.15. The Kier molecular flexibility index (Phi) is 7.56. The normalized spacial score (nSPS) is 11.7. The van der Waals surface area contributed by atoms with E-state index in [9.17, 15) is 0 Å². The van der Waals surface area contributed by atoms with Crippen LogP contribution in [0.1, 0.15) is 39.2 Å². The van der Waals surface area contributed by atoms with E-state index in [1.165, 1.54) is 5.56 Å². The number of halogens is 1. The van der Waals surface area contributed by atoms with Gasteiger partial charge in [0.2, 0.25) is 0 Å². The molecule has 20 heavy (non-hydrogen) atoms. The molecule has 114 valence electrons. The van der Waals surface area contributed by atoms with Gasteiger partial charge in [-0.05, 0) is 60.4 Å². The maximum absolute atomic E-state index is 5.81. The second-order valence-corrected chi connectivity index (χ2v) is 6.36. The highest BCUT2D eigenvalue weighted by Gasteiger charge is 2.16. The van der Waals surface area contributed by atoms with Gasteiger partial charge in [-0.1, -0.05) is 13.0 Å². The average Bonchev–Trinajstić information content (AvgIpc) is 2.41. The molecule has 0 aliphatic heterocycles. The first kappa shape index (κ1) is 17.5. The highest BCUT2D eigenvalue weighted by Crippen LogP contribution is 2.26. The zero-order valence-corrected chi connectivity index (χ0v) is 14.5. The van der Waals surface area contributed by atoms with Crippen molar-refractivity contribution in [3.63, 3.8) is 0 Å². The Hall–Kier alpha value is -0.580. The SMILES string of the molecule is CCCNCc1ccc(OCCC(C)(C)OC)c(Br)c1. The average molecular weight is 344 g/mol. The van der Waals surface area contributed by atoms with Gasteiger partial charge in [-0.15, -0.1) is 0 Å². The van der Waals surface area contributed by atoms with E-state index < -0.39 is 0 Å². The van der Waals surface area contributed by atoms with Gasteiger partial charge in [-0.3, -0.25) is 0 Å². The largest absolute Gasteiger partial charge is 0.492 e. The third-order valence-corrected chi connectivity index (χ3v) is 3.89. The summed E-state index contributed by atoms with van der Waals surface area (Å²) >= 11 is 3.57. The molecule has 0 heterocycles. The van der Waals surface area contributed by atoms with Gasteiger partial charge in [-0.25, -0.2) is 0 Å². The Labute approximate surface area is 131 Å². The fraction of sp³-hybridized carbons (Fsp3) is 0.625. The van der Waals surface area contributed by atoms with Gasteiger partial charge in [0.1, 0.15) is 5.75 Å². The zero-order chi connectivity index (χ0) is 15.0. The van der Waals surface area contributed by atoms with Gasteiger partial charge < -0.3 is 14.8 Å². The fourth-order valence-electron chi connectivity index (χ4n) is 1.69. The van der Waals surface area contributed by atoms with Crippen molar-refractivity contribution < 1.29 is 9.47 Å². The van der Waals surface area contributed by atoms with Crippen molar-refractivity contribution in [2.24, 2.45) is 0 Å². The molecule has 0 radical (unpaired) electrons. The molecule has 0 bridgehead atoms. The van der Waals surface area contributed by atoms with E-state index in [0.29, 0.717) is 6.61 Å². The molecule has 0 amide bonds. The quantitative estimate of drug-likeness (QED) is 0.683. The molecule has 1 N–H and O–H groups in total. The van der Waals surface area contributed by atoms with Crippen molar-refractivity contribution in [2.45, 2.75) is 45.8 Å². The molecule has 0 atom stereocenters. The topological polar surface area (TPSA) is 30.5 Å². The molecule has 0 saturated carbocycles. The van der Waals surface area contributed by atoms with Crippen LogP contribution in [0.5, 0.6) is 5.75 Å². The van der Waals surface area contributed by atoms with Crippen LogP contribution < -0.4 is 10.1 Å². The third kappa shape index (κ3) is 6.25. The molecule has 1 aromatic rings. The number of rotatable bonds is 9. The van der Waals surface area contributed by atoms with Gasteiger partial charge in [0, 0.05) is 20.1 Å². The second-order valence-electron chi connectivity index (χ2n) is 5.50. The lowest BCUT2D eigenvalue weighted by molar-refractivity contribution is 0.00539. The van der Waals surface area contributed by atoms with Gasteiger partial charge in [0.25, 0.3) is 0 Å². The van der Waals surface area contributed by atoms with E-state index in [4.69, 9.17) is 9.47 Å². The molecule has 0 spiro atoms. The molecule has 0 aliphatic rings. The Morgan fingerprint density at radius 3 is 2.65 bits per heavy atom. The minimum absolute atomic E-state index is 0.142. The number of ether oxygens (including phenoxy) is 2. The van der Waals surface area contributed by atoms with E-state index in [1.54, 1.807) is 7.11 Å². The maximum atomic E-state index is 5.81. The van der Waals surface area contributed by atoms with Crippen LogP contribution in [0.2, 0.25) is 0 Å². The Morgan fingerprint density at radius 1 is 1.30 bits per heavy atom. The molecule has 0 unspecified atom stereocenters. The van der Waals surface area contributed by atoms with E-state index in [0.717, 1.165) is 36.2 Å². The highest BCUT2D eigenvalue weighted by molar-refractivity contribution is 9.10. The number of nitrogens with one attached hydrogen (secondary N) is 1. The lowest BCUT2D eigenvalue weighted by Crippen LogP contribution is -2.25. The van der Waals surface area contributed by atoms with Crippen molar-refractivity contribution in [1.82, 2.24) is 5.32 Å². The molecular formula is C16H26BrNO2. The minimum atomic E-state index is -0.142. The van der Waals surface area contributed by atoms with Gasteiger partial charge >= 0.3 is 0 Å². The van der Waals surface area contributed by atoms with Crippen LogP contribution >= 0.6 is 15.9 Å². The van der Waals surface area contributed by atoms with Gasteiger partial charge in [-0.2, -0.15) is 0 Å². The van der Waals surface area contributed by atoms with E-state index in [2.05, 4.69) is 54.2 Å². The van der Waals surface area contributed by atoms with Crippen LogP contribution in [0.3, 0.4) is 0 Å².